The Morgan fingerprint density at radius 2 is 2.32 bits per heavy atom. The van der Waals surface area contributed by atoms with Gasteiger partial charge >= 0.3 is 0 Å². The quantitative estimate of drug-likeness (QED) is 0.833. The second kappa shape index (κ2) is 5.43. The van der Waals surface area contributed by atoms with Gasteiger partial charge in [-0.1, -0.05) is 18.2 Å². The van der Waals surface area contributed by atoms with Gasteiger partial charge in [0.15, 0.2) is 0 Å². The number of nitrogens with zero attached hydrogens (tertiary/aromatic N) is 2. The van der Waals surface area contributed by atoms with E-state index in [9.17, 15) is 0 Å². The summed E-state index contributed by atoms with van der Waals surface area (Å²) in [7, 11) is 0. The number of hydroxylamine groups is 1. The maximum absolute atomic E-state index is 9.09. The lowest BCUT2D eigenvalue weighted by Gasteiger charge is -2.29. The smallest absolute Gasteiger partial charge is 0.0967 e. The topological polar surface area (TPSA) is 45.5 Å². The predicted octanol–water partition coefficient (Wildman–Crippen LogP) is 2.38. The summed E-state index contributed by atoms with van der Waals surface area (Å²) in [6, 6.07) is 10.2. The second-order valence-electron chi connectivity index (χ2n) is 4.90. The zero-order valence-electron chi connectivity index (χ0n) is 10.7. The molecule has 1 fully saturated rings. The van der Waals surface area contributed by atoms with Gasteiger partial charge in [0.25, 0.3) is 0 Å². The first-order valence-electron chi connectivity index (χ1n) is 6.55. The number of benzene rings is 1. The first kappa shape index (κ1) is 12.2. The highest BCUT2D eigenvalue weighted by atomic mass is 16.7. The molecule has 1 unspecified atom stereocenters. The lowest BCUT2D eigenvalue weighted by Crippen LogP contribution is -2.31. The van der Waals surface area contributed by atoms with Crippen molar-refractivity contribution in [3.63, 3.8) is 0 Å². The van der Waals surface area contributed by atoms with E-state index in [-0.39, 0.29) is 0 Å². The summed E-state index contributed by atoms with van der Waals surface area (Å²) in [6.07, 6.45) is 2.98. The van der Waals surface area contributed by atoms with Crippen molar-refractivity contribution in [3.8, 4) is 6.07 Å². The van der Waals surface area contributed by atoms with Gasteiger partial charge in [-0.25, -0.2) is 5.06 Å². The van der Waals surface area contributed by atoms with Gasteiger partial charge in [-0.05, 0) is 18.6 Å². The minimum absolute atomic E-state index is 0.462. The van der Waals surface area contributed by atoms with Crippen molar-refractivity contribution < 1.29 is 9.57 Å². The standard InChI is InChI=1S/C15H16N2O2/c16-8-13-7-14-3-1-2-4-15(14)17(9-13)19-11-12-5-6-18-10-12/h1-4,7,12H,5-6,9-11H2. The van der Waals surface area contributed by atoms with E-state index in [0.29, 0.717) is 19.1 Å². The molecular formula is C15H16N2O2. The van der Waals surface area contributed by atoms with Gasteiger partial charge in [-0.15, -0.1) is 0 Å². The summed E-state index contributed by atoms with van der Waals surface area (Å²) in [4.78, 5) is 5.89. The molecule has 1 atom stereocenters. The molecule has 2 aliphatic rings. The number of rotatable bonds is 3. The van der Waals surface area contributed by atoms with Crippen molar-refractivity contribution in [3.05, 3.63) is 35.4 Å². The van der Waals surface area contributed by atoms with E-state index in [1.165, 1.54) is 0 Å². The van der Waals surface area contributed by atoms with E-state index in [1.807, 2.05) is 35.4 Å². The number of para-hydroxylation sites is 1. The van der Waals surface area contributed by atoms with Crippen molar-refractivity contribution in [2.45, 2.75) is 6.42 Å². The zero-order valence-corrected chi connectivity index (χ0v) is 10.7. The van der Waals surface area contributed by atoms with Crippen molar-refractivity contribution in [1.82, 2.24) is 0 Å². The molecule has 19 heavy (non-hydrogen) atoms. The number of ether oxygens (including phenoxy) is 1. The molecule has 0 amide bonds. The summed E-state index contributed by atoms with van der Waals surface area (Å²) in [6.45, 7) is 2.76. The zero-order chi connectivity index (χ0) is 13.1. The number of anilines is 1. The molecule has 1 aromatic carbocycles. The molecule has 0 saturated carbocycles. The van der Waals surface area contributed by atoms with Crippen LogP contribution in [0.25, 0.3) is 6.08 Å². The fraction of sp³-hybridized carbons (Fsp3) is 0.400. The van der Waals surface area contributed by atoms with Crippen LogP contribution in [0.2, 0.25) is 0 Å². The molecule has 2 heterocycles. The molecule has 0 bridgehead atoms. The Labute approximate surface area is 112 Å². The second-order valence-corrected chi connectivity index (χ2v) is 4.90. The lowest BCUT2D eigenvalue weighted by molar-refractivity contribution is 0.0737. The van der Waals surface area contributed by atoms with Crippen LogP contribution in [0.4, 0.5) is 5.69 Å². The highest BCUT2D eigenvalue weighted by Gasteiger charge is 2.21. The molecule has 1 aromatic rings. The van der Waals surface area contributed by atoms with Crippen LogP contribution in [-0.4, -0.2) is 26.4 Å². The number of fused-ring (bicyclic) bond motifs is 1. The third-order valence-electron chi connectivity index (χ3n) is 3.48. The summed E-state index contributed by atoms with van der Waals surface area (Å²) in [5.41, 5.74) is 2.79. The minimum Gasteiger partial charge on any atom is -0.381 e. The van der Waals surface area contributed by atoms with Crippen molar-refractivity contribution in [1.29, 1.82) is 5.26 Å². The van der Waals surface area contributed by atoms with Gasteiger partial charge in [0, 0.05) is 18.1 Å². The maximum Gasteiger partial charge on any atom is 0.0967 e. The van der Waals surface area contributed by atoms with Crippen molar-refractivity contribution in [2.24, 2.45) is 5.92 Å². The Hall–Kier alpha value is -1.83. The first-order chi connectivity index (χ1) is 9.36. The monoisotopic (exact) mass is 256 g/mol. The SMILES string of the molecule is N#CC1=Cc2ccccc2N(OCC2CCOC2)C1. The van der Waals surface area contributed by atoms with Crippen LogP contribution in [0.5, 0.6) is 0 Å². The molecule has 0 radical (unpaired) electrons. The predicted molar refractivity (Wildman–Crippen MR) is 72.3 cm³/mol. The van der Waals surface area contributed by atoms with Crippen LogP contribution in [0.15, 0.2) is 29.8 Å². The molecule has 4 heteroatoms. The summed E-state index contributed by atoms with van der Waals surface area (Å²) < 4.78 is 5.35. The average Bonchev–Trinajstić information content (AvgIpc) is 2.97. The van der Waals surface area contributed by atoms with E-state index < -0.39 is 0 Å². The fourth-order valence-electron chi connectivity index (χ4n) is 2.40. The van der Waals surface area contributed by atoms with E-state index in [1.54, 1.807) is 0 Å². The number of hydrogen-bond acceptors (Lipinski definition) is 4. The minimum atomic E-state index is 0.462. The van der Waals surface area contributed by atoms with E-state index in [2.05, 4.69) is 6.07 Å². The van der Waals surface area contributed by atoms with Gasteiger partial charge in [0.1, 0.15) is 0 Å². The molecule has 1 saturated heterocycles. The summed E-state index contributed by atoms with van der Waals surface area (Å²) >= 11 is 0. The van der Waals surface area contributed by atoms with Crippen LogP contribution in [0, 0.1) is 17.2 Å². The molecular weight excluding hydrogens is 240 g/mol. The molecule has 98 valence electrons. The first-order valence-corrected chi connectivity index (χ1v) is 6.55. The van der Waals surface area contributed by atoms with Gasteiger partial charge < -0.3 is 4.74 Å². The van der Waals surface area contributed by atoms with E-state index in [4.69, 9.17) is 14.8 Å². The van der Waals surface area contributed by atoms with Crippen molar-refractivity contribution >= 4 is 11.8 Å². The van der Waals surface area contributed by atoms with Crippen LogP contribution < -0.4 is 5.06 Å². The Morgan fingerprint density at radius 1 is 1.42 bits per heavy atom. The molecule has 0 aliphatic carbocycles. The third kappa shape index (κ3) is 2.62. The number of hydrogen-bond donors (Lipinski definition) is 0. The fourth-order valence-corrected chi connectivity index (χ4v) is 2.40. The molecule has 2 aliphatic heterocycles. The molecule has 0 N–H and O–H groups in total. The largest absolute Gasteiger partial charge is 0.381 e. The van der Waals surface area contributed by atoms with Gasteiger partial charge in [0.05, 0.1) is 37.1 Å². The molecule has 3 rings (SSSR count). The average molecular weight is 256 g/mol. The van der Waals surface area contributed by atoms with Gasteiger partial charge in [0.2, 0.25) is 0 Å². The van der Waals surface area contributed by atoms with Crippen LogP contribution in [0.1, 0.15) is 12.0 Å². The Morgan fingerprint density at radius 3 is 3.11 bits per heavy atom. The highest BCUT2D eigenvalue weighted by Crippen LogP contribution is 2.29. The van der Waals surface area contributed by atoms with Crippen LogP contribution in [0.3, 0.4) is 0 Å². The molecule has 0 aromatic heterocycles. The highest BCUT2D eigenvalue weighted by molar-refractivity contribution is 5.74. The van der Waals surface area contributed by atoms with Crippen LogP contribution in [-0.2, 0) is 9.57 Å². The molecule has 0 spiro atoms. The van der Waals surface area contributed by atoms with Crippen molar-refractivity contribution in [2.75, 3.05) is 31.4 Å². The Kier molecular flexibility index (Phi) is 3.49. The van der Waals surface area contributed by atoms with Gasteiger partial charge in [-0.3, -0.25) is 4.84 Å². The van der Waals surface area contributed by atoms with Gasteiger partial charge in [-0.2, -0.15) is 5.26 Å². The Bertz CT molecular complexity index is 527. The Balaban J connectivity index is 1.74. The molecule has 4 nitrogen and oxygen atoms in total. The summed E-state index contributed by atoms with van der Waals surface area (Å²) in [5.74, 6) is 0.462. The lowest BCUT2D eigenvalue weighted by atomic mass is 10.1. The van der Waals surface area contributed by atoms with E-state index >= 15 is 0 Å². The third-order valence-corrected chi connectivity index (χ3v) is 3.48. The number of nitriles is 1. The normalized spacial score (nSPS) is 21.7. The van der Waals surface area contributed by atoms with E-state index in [0.717, 1.165) is 36.5 Å². The maximum atomic E-state index is 9.09. The summed E-state index contributed by atoms with van der Waals surface area (Å²) in [5, 5.41) is 10.9. The van der Waals surface area contributed by atoms with Crippen LogP contribution >= 0.6 is 0 Å².